The number of rotatable bonds is 3. The largest absolute Gasteiger partial charge is 0.300 e. The van der Waals surface area contributed by atoms with Crippen LogP contribution in [0.15, 0.2) is 17.5 Å². The van der Waals surface area contributed by atoms with E-state index in [2.05, 4.69) is 10.3 Å². The number of aryl methyl sites for hydroxylation is 1. The highest BCUT2D eigenvalue weighted by Gasteiger charge is 2.37. The first-order chi connectivity index (χ1) is 10.9. The van der Waals surface area contributed by atoms with E-state index < -0.39 is 24.3 Å². The number of imide groups is 1. The Hall–Kier alpha value is -1.96. The minimum absolute atomic E-state index is 0.141. The second kappa shape index (κ2) is 5.92. The Bertz CT molecular complexity index is 809. The van der Waals surface area contributed by atoms with Gasteiger partial charge in [-0.05, 0) is 19.1 Å². The summed E-state index contributed by atoms with van der Waals surface area (Å²) in [5.74, 6) is -1.66. The SMILES string of the molecule is Cc1csc(NC(=O)CN2C(=O)c3cc(Cl)c(Cl)cc3C2=O)n1. The molecule has 1 aliphatic rings. The third-order valence-corrected chi connectivity index (χ3v) is 4.78. The van der Waals surface area contributed by atoms with Gasteiger partial charge in [0.25, 0.3) is 11.8 Å². The van der Waals surface area contributed by atoms with Gasteiger partial charge in [-0.2, -0.15) is 0 Å². The Morgan fingerprint density at radius 3 is 2.26 bits per heavy atom. The molecule has 0 atom stereocenters. The number of carbonyl (C=O) groups excluding carboxylic acids is 3. The highest BCUT2D eigenvalue weighted by Crippen LogP contribution is 2.31. The summed E-state index contributed by atoms with van der Waals surface area (Å²) in [4.78, 5) is 41.5. The molecule has 0 saturated carbocycles. The van der Waals surface area contributed by atoms with Crippen molar-refractivity contribution in [1.29, 1.82) is 0 Å². The predicted octanol–water partition coefficient (Wildman–Crippen LogP) is 2.99. The van der Waals surface area contributed by atoms with E-state index >= 15 is 0 Å². The van der Waals surface area contributed by atoms with E-state index in [0.29, 0.717) is 5.13 Å². The molecular formula is C14H9Cl2N3O3S. The molecule has 118 valence electrons. The maximum atomic E-state index is 12.3. The zero-order valence-electron chi connectivity index (χ0n) is 11.7. The summed E-state index contributed by atoms with van der Waals surface area (Å²) in [6.07, 6.45) is 0. The molecule has 0 saturated heterocycles. The molecule has 0 unspecified atom stereocenters. The number of aromatic nitrogens is 1. The lowest BCUT2D eigenvalue weighted by Gasteiger charge is -2.12. The van der Waals surface area contributed by atoms with Gasteiger partial charge in [0.1, 0.15) is 6.54 Å². The predicted molar refractivity (Wildman–Crippen MR) is 87.3 cm³/mol. The number of nitrogens with zero attached hydrogens (tertiary/aromatic N) is 2. The summed E-state index contributed by atoms with van der Waals surface area (Å²) < 4.78 is 0. The standard InChI is InChI=1S/C14H9Cl2N3O3S/c1-6-5-23-14(17-6)18-11(20)4-19-12(21)7-2-9(15)10(16)3-8(7)13(19)22/h2-3,5H,4H2,1H3,(H,17,18,20). The molecule has 3 amide bonds. The summed E-state index contributed by atoms with van der Waals surface area (Å²) in [5, 5.41) is 5.10. The highest BCUT2D eigenvalue weighted by atomic mass is 35.5. The van der Waals surface area contributed by atoms with Crippen LogP contribution in [0.2, 0.25) is 10.0 Å². The minimum Gasteiger partial charge on any atom is -0.300 e. The van der Waals surface area contributed by atoms with Crippen LogP contribution in [0.4, 0.5) is 5.13 Å². The van der Waals surface area contributed by atoms with Crippen molar-refractivity contribution in [1.82, 2.24) is 9.88 Å². The van der Waals surface area contributed by atoms with Gasteiger partial charge in [0.15, 0.2) is 5.13 Å². The zero-order valence-corrected chi connectivity index (χ0v) is 14.1. The quantitative estimate of drug-likeness (QED) is 0.843. The Morgan fingerprint density at radius 2 is 1.78 bits per heavy atom. The van der Waals surface area contributed by atoms with Crippen LogP contribution in [0.25, 0.3) is 0 Å². The number of hydrogen-bond donors (Lipinski definition) is 1. The van der Waals surface area contributed by atoms with Crippen LogP contribution < -0.4 is 5.32 Å². The molecule has 0 spiro atoms. The Balaban J connectivity index is 1.78. The number of halogens is 2. The number of hydrogen-bond acceptors (Lipinski definition) is 5. The Labute approximate surface area is 145 Å². The number of fused-ring (bicyclic) bond motifs is 1. The van der Waals surface area contributed by atoms with Crippen LogP contribution in [0.3, 0.4) is 0 Å². The van der Waals surface area contributed by atoms with Crippen molar-refractivity contribution in [3.05, 3.63) is 44.4 Å². The average molecular weight is 370 g/mol. The van der Waals surface area contributed by atoms with Gasteiger partial charge in [-0.3, -0.25) is 19.3 Å². The maximum Gasteiger partial charge on any atom is 0.262 e. The molecule has 1 aromatic carbocycles. The first-order valence-corrected chi connectivity index (χ1v) is 8.07. The lowest BCUT2D eigenvalue weighted by molar-refractivity contribution is -0.116. The second-order valence-corrected chi connectivity index (χ2v) is 6.52. The molecular weight excluding hydrogens is 361 g/mol. The molecule has 1 aromatic heterocycles. The van der Waals surface area contributed by atoms with Crippen molar-refractivity contribution in [2.45, 2.75) is 6.92 Å². The molecule has 23 heavy (non-hydrogen) atoms. The Morgan fingerprint density at radius 1 is 1.22 bits per heavy atom. The van der Waals surface area contributed by atoms with E-state index in [1.807, 2.05) is 0 Å². The van der Waals surface area contributed by atoms with Gasteiger partial charge in [-0.1, -0.05) is 23.2 Å². The number of amides is 3. The van der Waals surface area contributed by atoms with Crippen molar-refractivity contribution in [2.24, 2.45) is 0 Å². The molecule has 0 radical (unpaired) electrons. The fourth-order valence-electron chi connectivity index (χ4n) is 2.14. The van der Waals surface area contributed by atoms with E-state index in [1.54, 1.807) is 12.3 Å². The molecule has 6 nitrogen and oxygen atoms in total. The molecule has 2 heterocycles. The van der Waals surface area contributed by atoms with Crippen molar-refractivity contribution in [3.63, 3.8) is 0 Å². The minimum atomic E-state index is -0.575. The maximum absolute atomic E-state index is 12.3. The van der Waals surface area contributed by atoms with Crippen LogP contribution in [0, 0.1) is 6.92 Å². The molecule has 2 aromatic rings. The van der Waals surface area contributed by atoms with Gasteiger partial charge in [-0.25, -0.2) is 4.98 Å². The molecule has 1 N–H and O–H groups in total. The summed E-state index contributed by atoms with van der Waals surface area (Å²) in [7, 11) is 0. The van der Waals surface area contributed by atoms with Gasteiger partial charge in [-0.15, -0.1) is 11.3 Å². The van der Waals surface area contributed by atoms with E-state index in [4.69, 9.17) is 23.2 Å². The lowest BCUT2D eigenvalue weighted by Crippen LogP contribution is -2.37. The first kappa shape index (κ1) is 15.9. The van der Waals surface area contributed by atoms with Crippen molar-refractivity contribution in [2.75, 3.05) is 11.9 Å². The molecule has 9 heteroatoms. The number of nitrogens with one attached hydrogen (secondary N) is 1. The van der Waals surface area contributed by atoms with Crippen LogP contribution in [0.1, 0.15) is 26.4 Å². The summed E-state index contributed by atoms with van der Waals surface area (Å²) >= 11 is 13.0. The number of thiazole rings is 1. The van der Waals surface area contributed by atoms with Crippen molar-refractivity contribution < 1.29 is 14.4 Å². The average Bonchev–Trinajstić information content (AvgIpc) is 2.98. The molecule has 0 bridgehead atoms. The van der Waals surface area contributed by atoms with Crippen molar-refractivity contribution >= 4 is 57.4 Å². The van der Waals surface area contributed by atoms with Crippen molar-refractivity contribution in [3.8, 4) is 0 Å². The fraction of sp³-hybridized carbons (Fsp3) is 0.143. The van der Waals surface area contributed by atoms with Crippen LogP contribution in [0.5, 0.6) is 0 Å². The van der Waals surface area contributed by atoms with Crippen LogP contribution in [-0.2, 0) is 4.79 Å². The third-order valence-electron chi connectivity index (χ3n) is 3.18. The third kappa shape index (κ3) is 2.95. The van der Waals surface area contributed by atoms with Gasteiger partial charge in [0, 0.05) is 5.38 Å². The zero-order chi connectivity index (χ0) is 16.7. The molecule has 1 aliphatic heterocycles. The molecule has 0 aliphatic carbocycles. The van der Waals surface area contributed by atoms with Crippen LogP contribution in [-0.4, -0.2) is 34.2 Å². The van der Waals surface area contributed by atoms with E-state index in [9.17, 15) is 14.4 Å². The first-order valence-electron chi connectivity index (χ1n) is 6.44. The van der Waals surface area contributed by atoms with E-state index in [0.717, 1.165) is 10.6 Å². The smallest absolute Gasteiger partial charge is 0.262 e. The number of carbonyl (C=O) groups is 3. The van der Waals surface area contributed by atoms with Gasteiger partial charge in [0.05, 0.1) is 26.9 Å². The van der Waals surface area contributed by atoms with E-state index in [-0.39, 0.29) is 21.2 Å². The fourth-order valence-corrected chi connectivity index (χ4v) is 3.17. The normalized spacial score (nSPS) is 13.4. The Kier molecular flexibility index (Phi) is 4.09. The van der Waals surface area contributed by atoms with Gasteiger partial charge in [0.2, 0.25) is 5.91 Å². The van der Waals surface area contributed by atoms with Gasteiger partial charge < -0.3 is 5.32 Å². The van der Waals surface area contributed by atoms with E-state index in [1.165, 1.54) is 23.5 Å². The van der Waals surface area contributed by atoms with Crippen LogP contribution >= 0.6 is 34.5 Å². The highest BCUT2D eigenvalue weighted by molar-refractivity contribution is 7.13. The van der Waals surface area contributed by atoms with Gasteiger partial charge >= 0.3 is 0 Å². The molecule has 0 fully saturated rings. The monoisotopic (exact) mass is 369 g/mol. The number of benzene rings is 1. The number of anilines is 1. The topological polar surface area (TPSA) is 79.4 Å². The second-order valence-electron chi connectivity index (χ2n) is 4.85. The summed E-state index contributed by atoms with van der Waals surface area (Å²) in [5.41, 5.74) is 1.06. The summed E-state index contributed by atoms with van der Waals surface area (Å²) in [6, 6.07) is 2.67. The summed E-state index contributed by atoms with van der Waals surface area (Å²) in [6.45, 7) is 1.39. The molecule has 3 rings (SSSR count). The lowest BCUT2D eigenvalue weighted by atomic mass is 10.1.